The third-order valence-electron chi connectivity index (χ3n) is 5.16. The van der Waals surface area contributed by atoms with E-state index in [-0.39, 0.29) is 0 Å². The van der Waals surface area contributed by atoms with E-state index in [1.54, 1.807) is 0 Å². The zero-order valence-electron chi connectivity index (χ0n) is 12.9. The summed E-state index contributed by atoms with van der Waals surface area (Å²) >= 11 is 0. The van der Waals surface area contributed by atoms with Crippen molar-refractivity contribution in [1.29, 1.82) is 0 Å². The van der Waals surface area contributed by atoms with Crippen molar-refractivity contribution >= 4 is 0 Å². The molecule has 0 aliphatic carbocycles. The molecule has 19 heavy (non-hydrogen) atoms. The first-order valence-electron chi connectivity index (χ1n) is 8.03. The summed E-state index contributed by atoms with van der Waals surface area (Å²) in [5, 5.41) is 3.48. The maximum atomic E-state index is 6.13. The minimum absolute atomic E-state index is 0.391. The molecule has 2 aliphatic rings. The second-order valence-corrected chi connectivity index (χ2v) is 6.47. The van der Waals surface area contributed by atoms with E-state index < -0.39 is 0 Å². The van der Waals surface area contributed by atoms with Crippen molar-refractivity contribution in [3.05, 3.63) is 0 Å². The molecule has 2 fully saturated rings. The van der Waals surface area contributed by atoms with Gasteiger partial charge in [-0.2, -0.15) is 0 Å². The number of likely N-dealkylation sites (tertiary alicyclic amines) is 2. The Hall–Kier alpha value is -0.160. The van der Waals surface area contributed by atoms with Gasteiger partial charge in [-0.3, -0.25) is 4.90 Å². The highest BCUT2D eigenvalue weighted by atomic mass is 15.2. The van der Waals surface area contributed by atoms with Crippen molar-refractivity contribution in [3.8, 4) is 0 Å². The van der Waals surface area contributed by atoms with Crippen LogP contribution in [0.4, 0.5) is 0 Å². The van der Waals surface area contributed by atoms with Crippen LogP contribution < -0.4 is 11.1 Å². The average Bonchev–Trinajstić information content (AvgIpc) is 2.45. The highest BCUT2D eigenvalue weighted by molar-refractivity contribution is 4.90. The van der Waals surface area contributed by atoms with Gasteiger partial charge in [-0.1, -0.05) is 6.92 Å². The number of nitrogens with one attached hydrogen (secondary N) is 1. The molecule has 2 saturated heterocycles. The normalized spacial score (nSPS) is 36.3. The topological polar surface area (TPSA) is 44.5 Å². The SMILES string of the molecule is CCN1CC(NC)CC(C(C)N2CCC[C@H](N)C2)C1. The maximum absolute atomic E-state index is 6.13. The number of piperidine rings is 2. The van der Waals surface area contributed by atoms with Crippen LogP contribution in [0, 0.1) is 5.92 Å². The van der Waals surface area contributed by atoms with Gasteiger partial charge in [0.15, 0.2) is 0 Å². The third kappa shape index (κ3) is 3.91. The molecule has 3 unspecified atom stereocenters. The Labute approximate surface area is 118 Å². The summed E-state index contributed by atoms with van der Waals surface area (Å²) in [6.45, 7) is 10.6. The molecule has 3 N–H and O–H groups in total. The van der Waals surface area contributed by atoms with Gasteiger partial charge in [-0.25, -0.2) is 0 Å². The summed E-state index contributed by atoms with van der Waals surface area (Å²) in [5.74, 6) is 0.774. The maximum Gasteiger partial charge on any atom is 0.0195 e. The van der Waals surface area contributed by atoms with Crippen molar-refractivity contribution < 1.29 is 0 Å². The number of rotatable bonds is 4. The number of hydrogen-bond donors (Lipinski definition) is 2. The lowest BCUT2D eigenvalue weighted by molar-refractivity contribution is 0.0595. The van der Waals surface area contributed by atoms with E-state index in [0.717, 1.165) is 12.5 Å². The van der Waals surface area contributed by atoms with Crippen LogP contribution in [0.25, 0.3) is 0 Å². The van der Waals surface area contributed by atoms with Gasteiger partial charge in [0.05, 0.1) is 0 Å². The largest absolute Gasteiger partial charge is 0.327 e. The molecular weight excluding hydrogens is 236 g/mol. The van der Waals surface area contributed by atoms with Crippen molar-refractivity contribution in [2.75, 3.05) is 39.8 Å². The second-order valence-electron chi connectivity index (χ2n) is 6.47. The summed E-state index contributed by atoms with van der Waals surface area (Å²) in [6.07, 6.45) is 3.78. The Morgan fingerprint density at radius 1 is 1.32 bits per heavy atom. The molecule has 4 atom stereocenters. The van der Waals surface area contributed by atoms with E-state index in [1.807, 2.05) is 0 Å². The monoisotopic (exact) mass is 268 g/mol. The Kier molecular flexibility index (Phi) is 5.63. The lowest BCUT2D eigenvalue weighted by atomic mass is 9.87. The van der Waals surface area contributed by atoms with Gasteiger partial charge < -0.3 is 16.0 Å². The van der Waals surface area contributed by atoms with Crippen LogP contribution in [0.3, 0.4) is 0 Å². The van der Waals surface area contributed by atoms with Gasteiger partial charge in [0, 0.05) is 37.8 Å². The predicted molar refractivity (Wildman–Crippen MR) is 81.3 cm³/mol. The summed E-state index contributed by atoms with van der Waals surface area (Å²) in [4.78, 5) is 5.22. The molecule has 0 spiro atoms. The Balaban J connectivity index is 1.94. The van der Waals surface area contributed by atoms with Gasteiger partial charge in [-0.05, 0) is 52.2 Å². The fourth-order valence-corrected chi connectivity index (χ4v) is 3.76. The minimum atomic E-state index is 0.391. The minimum Gasteiger partial charge on any atom is -0.327 e. The van der Waals surface area contributed by atoms with E-state index in [1.165, 1.54) is 45.4 Å². The highest BCUT2D eigenvalue weighted by Gasteiger charge is 2.33. The first-order valence-corrected chi connectivity index (χ1v) is 8.03. The molecule has 4 nitrogen and oxygen atoms in total. The molecule has 0 amide bonds. The van der Waals surface area contributed by atoms with Crippen LogP contribution in [-0.4, -0.2) is 67.7 Å². The summed E-state index contributed by atoms with van der Waals surface area (Å²) in [5.41, 5.74) is 6.13. The Morgan fingerprint density at radius 3 is 2.74 bits per heavy atom. The first-order chi connectivity index (χ1) is 9.13. The summed E-state index contributed by atoms with van der Waals surface area (Å²) in [7, 11) is 2.10. The number of hydrogen-bond acceptors (Lipinski definition) is 4. The molecule has 2 heterocycles. The Morgan fingerprint density at radius 2 is 2.11 bits per heavy atom. The van der Waals surface area contributed by atoms with Crippen LogP contribution >= 0.6 is 0 Å². The number of nitrogens with zero attached hydrogens (tertiary/aromatic N) is 2. The van der Waals surface area contributed by atoms with E-state index in [0.29, 0.717) is 18.1 Å². The van der Waals surface area contributed by atoms with Gasteiger partial charge in [-0.15, -0.1) is 0 Å². The lowest BCUT2D eigenvalue weighted by Gasteiger charge is -2.45. The number of likely N-dealkylation sites (N-methyl/N-ethyl adjacent to an activating group) is 2. The van der Waals surface area contributed by atoms with E-state index in [4.69, 9.17) is 5.73 Å². The van der Waals surface area contributed by atoms with Crippen LogP contribution in [-0.2, 0) is 0 Å². The number of nitrogens with two attached hydrogens (primary N) is 1. The molecule has 2 aliphatic heterocycles. The van der Waals surface area contributed by atoms with Crippen molar-refractivity contribution in [2.45, 2.75) is 51.2 Å². The van der Waals surface area contributed by atoms with E-state index >= 15 is 0 Å². The summed E-state index contributed by atoms with van der Waals surface area (Å²) in [6, 6.07) is 1.71. The average molecular weight is 268 g/mol. The van der Waals surface area contributed by atoms with Gasteiger partial charge in [0.25, 0.3) is 0 Å². The molecule has 4 heteroatoms. The Bertz CT molecular complexity index is 259. The van der Waals surface area contributed by atoms with Gasteiger partial charge >= 0.3 is 0 Å². The smallest absolute Gasteiger partial charge is 0.0195 e. The quantitative estimate of drug-likeness (QED) is 0.789. The molecule has 0 aromatic heterocycles. The standard InChI is InChI=1S/C15H32N4/c1-4-18-9-13(8-15(11-18)17-3)12(2)19-7-5-6-14(16)10-19/h12-15,17H,4-11,16H2,1-3H3/t12?,13?,14-,15?/m0/s1. The molecule has 112 valence electrons. The zero-order chi connectivity index (χ0) is 13.8. The predicted octanol–water partition coefficient (Wildman–Crippen LogP) is 0.728. The summed E-state index contributed by atoms with van der Waals surface area (Å²) < 4.78 is 0. The van der Waals surface area contributed by atoms with Gasteiger partial charge in [0.1, 0.15) is 0 Å². The second kappa shape index (κ2) is 7.02. The third-order valence-corrected chi connectivity index (χ3v) is 5.16. The molecule has 0 saturated carbocycles. The fraction of sp³-hybridized carbons (Fsp3) is 1.00. The molecule has 2 rings (SSSR count). The molecule has 0 aromatic carbocycles. The van der Waals surface area contributed by atoms with Crippen molar-refractivity contribution in [1.82, 2.24) is 15.1 Å². The molecular formula is C15H32N4. The van der Waals surface area contributed by atoms with Crippen molar-refractivity contribution in [2.24, 2.45) is 11.7 Å². The van der Waals surface area contributed by atoms with Gasteiger partial charge in [0.2, 0.25) is 0 Å². The fourth-order valence-electron chi connectivity index (χ4n) is 3.76. The van der Waals surface area contributed by atoms with Crippen LogP contribution in [0.15, 0.2) is 0 Å². The molecule has 0 radical (unpaired) electrons. The van der Waals surface area contributed by atoms with E-state index in [2.05, 4.69) is 36.0 Å². The van der Waals surface area contributed by atoms with Crippen LogP contribution in [0.1, 0.15) is 33.1 Å². The van der Waals surface area contributed by atoms with Crippen molar-refractivity contribution in [3.63, 3.8) is 0 Å². The molecule has 0 aromatic rings. The lowest BCUT2D eigenvalue weighted by Crippen LogP contribution is -2.55. The zero-order valence-corrected chi connectivity index (χ0v) is 12.9. The first kappa shape index (κ1) is 15.2. The highest BCUT2D eigenvalue weighted by Crippen LogP contribution is 2.25. The van der Waals surface area contributed by atoms with Crippen LogP contribution in [0.2, 0.25) is 0 Å². The molecule has 0 bridgehead atoms. The van der Waals surface area contributed by atoms with Crippen LogP contribution in [0.5, 0.6) is 0 Å². The van der Waals surface area contributed by atoms with E-state index in [9.17, 15) is 0 Å².